The number of thiazole rings is 1. The van der Waals surface area contributed by atoms with Gasteiger partial charge in [-0.2, -0.15) is 0 Å². The van der Waals surface area contributed by atoms with Crippen molar-refractivity contribution in [1.29, 1.82) is 0 Å². The zero-order chi connectivity index (χ0) is 20.1. The fourth-order valence-electron chi connectivity index (χ4n) is 3.77. The van der Waals surface area contributed by atoms with Crippen molar-refractivity contribution in [3.05, 3.63) is 76.3 Å². The lowest BCUT2D eigenvalue weighted by atomic mass is 10.1. The molecule has 1 amide bonds. The first-order valence-electron chi connectivity index (χ1n) is 9.96. The van der Waals surface area contributed by atoms with E-state index in [2.05, 4.69) is 39.5 Å². The SMILES string of the molecule is O=C(Cc1csc(-c2ccccc2Cl)n1)NC[C@H](c1ccccc1)N1CCCC1. The van der Waals surface area contributed by atoms with E-state index in [0.29, 0.717) is 11.6 Å². The average Bonchev–Trinajstić information content (AvgIpc) is 3.42. The Kier molecular flexibility index (Phi) is 6.60. The van der Waals surface area contributed by atoms with Crippen LogP contribution in [0.5, 0.6) is 0 Å². The fraction of sp³-hybridized carbons (Fsp3) is 0.304. The third-order valence-electron chi connectivity index (χ3n) is 5.26. The normalized spacial score (nSPS) is 15.3. The minimum atomic E-state index is 0.00105. The largest absolute Gasteiger partial charge is 0.354 e. The molecule has 0 aliphatic carbocycles. The summed E-state index contributed by atoms with van der Waals surface area (Å²) in [6.45, 7) is 2.79. The Bertz CT molecular complexity index is 954. The fourth-order valence-corrected chi connectivity index (χ4v) is 4.91. The first-order valence-corrected chi connectivity index (χ1v) is 11.2. The molecule has 4 rings (SSSR count). The topological polar surface area (TPSA) is 45.2 Å². The summed E-state index contributed by atoms with van der Waals surface area (Å²) in [5, 5.41) is 6.58. The van der Waals surface area contributed by atoms with Crippen LogP contribution in [0.3, 0.4) is 0 Å². The number of hydrogen-bond acceptors (Lipinski definition) is 4. The van der Waals surface area contributed by atoms with Crippen LogP contribution in [0.4, 0.5) is 0 Å². The quantitative estimate of drug-likeness (QED) is 0.581. The number of halogens is 1. The van der Waals surface area contributed by atoms with Crippen molar-refractivity contribution in [2.24, 2.45) is 0 Å². The second-order valence-corrected chi connectivity index (χ2v) is 8.54. The second kappa shape index (κ2) is 9.53. The van der Waals surface area contributed by atoms with E-state index in [4.69, 9.17) is 11.6 Å². The molecule has 0 spiro atoms. The monoisotopic (exact) mass is 425 g/mol. The molecule has 0 bridgehead atoms. The van der Waals surface area contributed by atoms with Gasteiger partial charge in [0.05, 0.1) is 23.2 Å². The van der Waals surface area contributed by atoms with Gasteiger partial charge < -0.3 is 5.32 Å². The molecule has 1 atom stereocenters. The zero-order valence-electron chi connectivity index (χ0n) is 16.2. The highest BCUT2D eigenvalue weighted by Crippen LogP contribution is 2.30. The summed E-state index contributed by atoms with van der Waals surface area (Å²) in [6, 6.07) is 18.3. The van der Waals surface area contributed by atoms with Gasteiger partial charge in [0, 0.05) is 17.5 Å². The number of hydrogen-bond donors (Lipinski definition) is 1. The van der Waals surface area contributed by atoms with Crippen molar-refractivity contribution in [3.8, 4) is 10.6 Å². The molecular weight excluding hydrogens is 402 g/mol. The summed E-state index contributed by atoms with van der Waals surface area (Å²) in [6.07, 6.45) is 2.73. The number of carbonyl (C=O) groups is 1. The Hall–Kier alpha value is -2.21. The Morgan fingerprint density at radius 3 is 2.59 bits per heavy atom. The van der Waals surface area contributed by atoms with Gasteiger partial charge in [0.25, 0.3) is 0 Å². The van der Waals surface area contributed by atoms with E-state index in [0.717, 1.165) is 29.4 Å². The lowest BCUT2D eigenvalue weighted by molar-refractivity contribution is -0.120. The maximum atomic E-state index is 12.6. The minimum absolute atomic E-state index is 0.00105. The molecule has 3 aromatic rings. The standard InChI is InChI=1S/C23H24ClN3OS/c24-20-11-5-4-10-19(20)23-26-18(16-29-23)14-22(28)25-15-21(27-12-6-7-13-27)17-8-2-1-3-9-17/h1-5,8-11,16,21H,6-7,12-15H2,(H,25,28)/t21-/m1/s1. The maximum absolute atomic E-state index is 12.6. The first-order chi connectivity index (χ1) is 14.2. The molecule has 1 N–H and O–H groups in total. The van der Waals surface area contributed by atoms with Crippen molar-refractivity contribution < 1.29 is 4.79 Å². The lowest BCUT2D eigenvalue weighted by Crippen LogP contribution is -2.37. The summed E-state index contributed by atoms with van der Waals surface area (Å²) in [5.74, 6) is 0.00105. The molecule has 1 aromatic heterocycles. The van der Waals surface area contributed by atoms with Crippen molar-refractivity contribution in [2.75, 3.05) is 19.6 Å². The molecule has 1 aliphatic heterocycles. The molecule has 29 heavy (non-hydrogen) atoms. The number of nitrogens with one attached hydrogen (secondary N) is 1. The van der Waals surface area contributed by atoms with Gasteiger partial charge in [0.2, 0.25) is 5.91 Å². The molecule has 1 fully saturated rings. The van der Waals surface area contributed by atoms with Crippen molar-refractivity contribution in [1.82, 2.24) is 15.2 Å². The van der Waals surface area contributed by atoms with Crippen LogP contribution in [-0.4, -0.2) is 35.4 Å². The number of likely N-dealkylation sites (tertiary alicyclic amines) is 1. The van der Waals surface area contributed by atoms with Crippen molar-refractivity contribution >= 4 is 28.8 Å². The molecule has 0 unspecified atom stereocenters. The Labute approximate surface area is 180 Å². The number of carbonyl (C=O) groups excluding carboxylic acids is 1. The number of nitrogens with zero attached hydrogens (tertiary/aromatic N) is 2. The number of amides is 1. The van der Waals surface area contributed by atoms with E-state index in [1.54, 1.807) is 0 Å². The predicted molar refractivity (Wildman–Crippen MR) is 119 cm³/mol. The summed E-state index contributed by atoms with van der Waals surface area (Å²) in [7, 11) is 0. The average molecular weight is 426 g/mol. The second-order valence-electron chi connectivity index (χ2n) is 7.27. The van der Waals surface area contributed by atoms with Gasteiger partial charge in [0.15, 0.2) is 0 Å². The van der Waals surface area contributed by atoms with Gasteiger partial charge in [-0.15, -0.1) is 11.3 Å². The summed E-state index contributed by atoms with van der Waals surface area (Å²) >= 11 is 7.78. The molecular formula is C23H24ClN3OS. The van der Waals surface area contributed by atoms with Gasteiger partial charge in [-0.1, -0.05) is 60.1 Å². The molecule has 1 saturated heterocycles. The third-order valence-corrected chi connectivity index (χ3v) is 6.51. The summed E-state index contributed by atoms with van der Waals surface area (Å²) in [5.41, 5.74) is 2.94. The Morgan fingerprint density at radius 2 is 1.83 bits per heavy atom. The zero-order valence-corrected chi connectivity index (χ0v) is 17.8. The summed E-state index contributed by atoms with van der Waals surface area (Å²) in [4.78, 5) is 19.7. The van der Waals surface area contributed by atoms with E-state index in [9.17, 15) is 4.79 Å². The molecule has 0 radical (unpaired) electrons. The van der Waals surface area contributed by atoms with Crippen molar-refractivity contribution in [3.63, 3.8) is 0 Å². The van der Waals surface area contributed by atoms with Crippen LogP contribution >= 0.6 is 22.9 Å². The number of rotatable bonds is 7. The van der Waals surface area contributed by atoms with Gasteiger partial charge in [-0.05, 0) is 37.6 Å². The first kappa shape index (κ1) is 20.1. The van der Waals surface area contributed by atoms with Gasteiger partial charge in [-0.3, -0.25) is 9.69 Å². The van der Waals surface area contributed by atoms with Gasteiger partial charge in [0.1, 0.15) is 5.01 Å². The molecule has 2 heterocycles. The molecule has 1 aliphatic rings. The number of benzene rings is 2. The van der Waals surface area contributed by atoms with Crippen LogP contribution in [0.25, 0.3) is 10.6 Å². The highest BCUT2D eigenvalue weighted by Gasteiger charge is 2.24. The van der Waals surface area contributed by atoms with E-state index in [-0.39, 0.29) is 18.4 Å². The van der Waals surface area contributed by atoms with E-state index in [1.807, 2.05) is 35.7 Å². The van der Waals surface area contributed by atoms with Gasteiger partial charge >= 0.3 is 0 Å². The highest BCUT2D eigenvalue weighted by molar-refractivity contribution is 7.13. The highest BCUT2D eigenvalue weighted by atomic mass is 35.5. The molecule has 150 valence electrons. The van der Waals surface area contributed by atoms with E-state index in [1.165, 1.54) is 29.7 Å². The van der Waals surface area contributed by atoms with E-state index >= 15 is 0 Å². The van der Waals surface area contributed by atoms with Crippen LogP contribution in [-0.2, 0) is 11.2 Å². The molecule has 2 aromatic carbocycles. The van der Waals surface area contributed by atoms with Crippen LogP contribution in [0.2, 0.25) is 5.02 Å². The molecule has 0 saturated carbocycles. The van der Waals surface area contributed by atoms with Crippen molar-refractivity contribution in [2.45, 2.75) is 25.3 Å². The lowest BCUT2D eigenvalue weighted by Gasteiger charge is -2.28. The van der Waals surface area contributed by atoms with Crippen LogP contribution in [0.15, 0.2) is 60.0 Å². The Balaban J connectivity index is 1.38. The van der Waals surface area contributed by atoms with Crippen LogP contribution in [0.1, 0.15) is 30.1 Å². The smallest absolute Gasteiger partial charge is 0.226 e. The molecule has 6 heteroatoms. The third kappa shape index (κ3) is 5.04. The number of aromatic nitrogens is 1. The minimum Gasteiger partial charge on any atom is -0.354 e. The Morgan fingerprint density at radius 1 is 1.10 bits per heavy atom. The molecule has 4 nitrogen and oxygen atoms in total. The van der Waals surface area contributed by atoms with E-state index < -0.39 is 0 Å². The summed E-state index contributed by atoms with van der Waals surface area (Å²) < 4.78 is 0. The predicted octanol–water partition coefficient (Wildman–Crippen LogP) is 4.96. The maximum Gasteiger partial charge on any atom is 0.226 e. The van der Waals surface area contributed by atoms with Crippen LogP contribution in [0, 0.1) is 0 Å². The van der Waals surface area contributed by atoms with Gasteiger partial charge in [-0.25, -0.2) is 4.98 Å². The van der Waals surface area contributed by atoms with Crippen LogP contribution < -0.4 is 5.32 Å².